The average Bonchev–Trinajstić information content (AvgIpc) is 2.67. The van der Waals surface area contributed by atoms with Crippen molar-refractivity contribution in [3.63, 3.8) is 0 Å². The SMILES string of the molecule is COCCNS(=O)(=O)N1CCC(C(C)N)C1. The second kappa shape index (κ2) is 5.92. The highest BCUT2D eigenvalue weighted by Gasteiger charge is 2.32. The van der Waals surface area contributed by atoms with Crippen LogP contribution < -0.4 is 10.5 Å². The van der Waals surface area contributed by atoms with Gasteiger partial charge in [0.05, 0.1) is 6.61 Å². The van der Waals surface area contributed by atoms with Gasteiger partial charge >= 0.3 is 0 Å². The van der Waals surface area contributed by atoms with Crippen LogP contribution in [0.25, 0.3) is 0 Å². The van der Waals surface area contributed by atoms with E-state index in [4.69, 9.17) is 10.5 Å². The Morgan fingerprint density at radius 2 is 2.31 bits per heavy atom. The third kappa shape index (κ3) is 3.67. The Kier molecular flexibility index (Phi) is 5.13. The molecule has 1 fully saturated rings. The minimum absolute atomic E-state index is 0.0409. The second-order valence-corrected chi connectivity index (χ2v) is 5.91. The molecular formula is C9H21N3O3S. The molecule has 1 aliphatic rings. The number of nitrogens with one attached hydrogen (secondary N) is 1. The summed E-state index contributed by atoms with van der Waals surface area (Å²) in [6.45, 7) is 3.66. The standard InChI is InChI=1S/C9H21N3O3S/c1-8(10)9-3-5-12(7-9)16(13,14)11-4-6-15-2/h8-9,11H,3-7,10H2,1-2H3. The zero-order valence-electron chi connectivity index (χ0n) is 9.85. The van der Waals surface area contributed by atoms with Crippen molar-refractivity contribution in [3.8, 4) is 0 Å². The number of ether oxygens (including phenoxy) is 1. The molecule has 6 nitrogen and oxygen atoms in total. The number of nitrogens with zero attached hydrogens (tertiary/aromatic N) is 1. The maximum absolute atomic E-state index is 11.8. The van der Waals surface area contributed by atoms with Gasteiger partial charge in [0, 0.05) is 32.8 Å². The van der Waals surface area contributed by atoms with Gasteiger partial charge in [0.2, 0.25) is 0 Å². The molecule has 16 heavy (non-hydrogen) atoms. The summed E-state index contributed by atoms with van der Waals surface area (Å²) < 4.78 is 32.3. The lowest BCUT2D eigenvalue weighted by Gasteiger charge is -2.18. The molecule has 3 N–H and O–H groups in total. The Morgan fingerprint density at radius 3 is 2.81 bits per heavy atom. The van der Waals surface area contributed by atoms with Gasteiger partial charge in [-0.25, -0.2) is 0 Å². The van der Waals surface area contributed by atoms with Crippen LogP contribution in [0.4, 0.5) is 0 Å². The second-order valence-electron chi connectivity index (χ2n) is 4.16. The zero-order chi connectivity index (χ0) is 12.2. The first kappa shape index (κ1) is 13.9. The maximum atomic E-state index is 11.8. The Labute approximate surface area is 97.3 Å². The Bertz CT molecular complexity index is 305. The Balaban J connectivity index is 2.45. The van der Waals surface area contributed by atoms with Crippen LogP contribution >= 0.6 is 0 Å². The maximum Gasteiger partial charge on any atom is 0.279 e. The first-order chi connectivity index (χ1) is 7.47. The molecule has 0 aromatic rings. The van der Waals surface area contributed by atoms with Crippen molar-refractivity contribution in [1.29, 1.82) is 0 Å². The number of methoxy groups -OCH3 is 1. The summed E-state index contributed by atoms with van der Waals surface area (Å²) in [7, 11) is -1.81. The molecule has 0 aromatic carbocycles. The minimum atomic E-state index is -3.35. The van der Waals surface area contributed by atoms with Crippen molar-refractivity contribution in [1.82, 2.24) is 9.03 Å². The van der Waals surface area contributed by atoms with E-state index in [1.807, 2.05) is 6.92 Å². The highest BCUT2D eigenvalue weighted by molar-refractivity contribution is 7.87. The van der Waals surface area contributed by atoms with Gasteiger partial charge in [0.15, 0.2) is 0 Å². The van der Waals surface area contributed by atoms with E-state index in [0.29, 0.717) is 26.2 Å². The highest BCUT2D eigenvalue weighted by atomic mass is 32.2. The van der Waals surface area contributed by atoms with Crippen LogP contribution in [0.3, 0.4) is 0 Å². The lowest BCUT2D eigenvalue weighted by Crippen LogP contribution is -2.41. The molecule has 2 unspecified atom stereocenters. The van der Waals surface area contributed by atoms with Gasteiger partial charge in [-0.1, -0.05) is 0 Å². The topological polar surface area (TPSA) is 84.7 Å². The first-order valence-corrected chi connectivity index (χ1v) is 6.90. The van der Waals surface area contributed by atoms with Gasteiger partial charge in [-0.15, -0.1) is 0 Å². The number of hydrogen-bond donors (Lipinski definition) is 2. The summed E-state index contributed by atoms with van der Waals surface area (Å²) in [5.41, 5.74) is 5.76. The molecule has 0 aromatic heterocycles. The zero-order valence-corrected chi connectivity index (χ0v) is 10.7. The molecule has 0 saturated carbocycles. The van der Waals surface area contributed by atoms with Crippen LogP contribution in [0.15, 0.2) is 0 Å². The van der Waals surface area contributed by atoms with E-state index in [-0.39, 0.29) is 12.0 Å². The lowest BCUT2D eigenvalue weighted by molar-refractivity contribution is 0.204. The van der Waals surface area contributed by atoms with Crippen LogP contribution in [0, 0.1) is 5.92 Å². The van der Waals surface area contributed by atoms with Gasteiger partial charge in [-0.2, -0.15) is 17.4 Å². The number of nitrogens with two attached hydrogens (primary N) is 1. The lowest BCUT2D eigenvalue weighted by atomic mass is 10.0. The fourth-order valence-corrected chi connectivity index (χ4v) is 3.02. The van der Waals surface area contributed by atoms with Crippen LogP contribution in [0.2, 0.25) is 0 Å². The van der Waals surface area contributed by atoms with Crippen LogP contribution in [0.1, 0.15) is 13.3 Å². The average molecular weight is 251 g/mol. The summed E-state index contributed by atoms with van der Waals surface area (Å²) in [5, 5.41) is 0. The molecule has 7 heteroatoms. The van der Waals surface area contributed by atoms with E-state index < -0.39 is 10.2 Å². The van der Waals surface area contributed by atoms with Crippen LogP contribution in [0.5, 0.6) is 0 Å². The fourth-order valence-electron chi connectivity index (χ4n) is 1.77. The quantitative estimate of drug-likeness (QED) is 0.601. The molecule has 1 aliphatic heterocycles. The Morgan fingerprint density at radius 1 is 1.62 bits per heavy atom. The summed E-state index contributed by atoms with van der Waals surface area (Å²) in [6, 6.07) is 0.0409. The van der Waals surface area contributed by atoms with Crippen LogP contribution in [-0.4, -0.2) is 52.1 Å². The van der Waals surface area contributed by atoms with Crippen molar-refractivity contribution >= 4 is 10.2 Å². The first-order valence-electron chi connectivity index (χ1n) is 5.46. The third-order valence-electron chi connectivity index (χ3n) is 2.86. The number of hydrogen-bond acceptors (Lipinski definition) is 4. The summed E-state index contributed by atoms with van der Waals surface area (Å²) in [4.78, 5) is 0. The molecule has 2 atom stereocenters. The molecule has 0 spiro atoms. The fraction of sp³-hybridized carbons (Fsp3) is 1.00. The minimum Gasteiger partial charge on any atom is -0.383 e. The molecule has 96 valence electrons. The summed E-state index contributed by atoms with van der Waals surface area (Å²) in [5.74, 6) is 0.263. The molecule has 0 aliphatic carbocycles. The van der Waals surface area contributed by atoms with E-state index >= 15 is 0 Å². The predicted octanol–water partition coefficient (Wildman–Crippen LogP) is -0.864. The molecule has 1 heterocycles. The van der Waals surface area contributed by atoms with Gasteiger partial charge in [-0.3, -0.25) is 0 Å². The van der Waals surface area contributed by atoms with Gasteiger partial charge in [-0.05, 0) is 19.3 Å². The van der Waals surface area contributed by atoms with E-state index in [0.717, 1.165) is 6.42 Å². The van der Waals surface area contributed by atoms with E-state index in [2.05, 4.69) is 4.72 Å². The Hall–Kier alpha value is -0.210. The van der Waals surface area contributed by atoms with Crippen molar-refractivity contribution in [2.45, 2.75) is 19.4 Å². The molecule has 0 amide bonds. The highest BCUT2D eigenvalue weighted by Crippen LogP contribution is 2.20. The van der Waals surface area contributed by atoms with Gasteiger partial charge < -0.3 is 10.5 Å². The molecule has 1 saturated heterocycles. The van der Waals surface area contributed by atoms with Crippen molar-refractivity contribution in [2.75, 3.05) is 33.4 Å². The third-order valence-corrected chi connectivity index (χ3v) is 4.44. The van der Waals surface area contributed by atoms with E-state index in [1.165, 1.54) is 11.4 Å². The monoisotopic (exact) mass is 251 g/mol. The van der Waals surface area contributed by atoms with Crippen molar-refractivity contribution < 1.29 is 13.2 Å². The largest absolute Gasteiger partial charge is 0.383 e. The molecule has 0 bridgehead atoms. The molecular weight excluding hydrogens is 230 g/mol. The van der Waals surface area contributed by atoms with Crippen molar-refractivity contribution in [2.24, 2.45) is 11.7 Å². The van der Waals surface area contributed by atoms with E-state index in [1.54, 1.807) is 0 Å². The molecule has 0 radical (unpaired) electrons. The summed E-state index contributed by atoms with van der Waals surface area (Å²) in [6.07, 6.45) is 0.836. The summed E-state index contributed by atoms with van der Waals surface area (Å²) >= 11 is 0. The number of rotatable bonds is 6. The smallest absolute Gasteiger partial charge is 0.279 e. The van der Waals surface area contributed by atoms with Gasteiger partial charge in [0.25, 0.3) is 10.2 Å². The van der Waals surface area contributed by atoms with Gasteiger partial charge in [0.1, 0.15) is 0 Å². The van der Waals surface area contributed by atoms with E-state index in [9.17, 15) is 8.42 Å². The van der Waals surface area contributed by atoms with Crippen molar-refractivity contribution in [3.05, 3.63) is 0 Å². The molecule has 1 rings (SSSR count). The predicted molar refractivity (Wildman–Crippen MR) is 62.1 cm³/mol. The normalized spacial score (nSPS) is 24.8. The van der Waals surface area contributed by atoms with Crippen LogP contribution in [-0.2, 0) is 14.9 Å².